The standard InChI is InChI=1S/C6H10O3S/c1-4-3-10-6(9-4)5(7)8-2/h4,6H,3H2,1-2H3. The lowest BCUT2D eigenvalue weighted by atomic mass is 10.5. The highest BCUT2D eigenvalue weighted by atomic mass is 32.2. The summed E-state index contributed by atoms with van der Waals surface area (Å²) >= 11 is 1.49. The van der Waals surface area contributed by atoms with Crippen molar-refractivity contribution in [2.24, 2.45) is 0 Å². The Labute approximate surface area is 64.1 Å². The van der Waals surface area contributed by atoms with Crippen LogP contribution in [0.25, 0.3) is 0 Å². The highest BCUT2D eigenvalue weighted by Gasteiger charge is 2.29. The Bertz CT molecular complexity index is 137. The average Bonchev–Trinajstić information content (AvgIpc) is 2.34. The third-order valence-electron chi connectivity index (χ3n) is 1.23. The monoisotopic (exact) mass is 162 g/mol. The van der Waals surface area contributed by atoms with Gasteiger partial charge in [0.2, 0.25) is 5.44 Å². The normalized spacial score (nSPS) is 32.2. The van der Waals surface area contributed by atoms with Crippen molar-refractivity contribution >= 4 is 17.7 Å². The second-order valence-electron chi connectivity index (χ2n) is 2.14. The average molecular weight is 162 g/mol. The maximum Gasteiger partial charge on any atom is 0.345 e. The smallest absolute Gasteiger partial charge is 0.345 e. The van der Waals surface area contributed by atoms with Gasteiger partial charge in [-0.25, -0.2) is 4.79 Å². The lowest BCUT2D eigenvalue weighted by Gasteiger charge is -2.05. The summed E-state index contributed by atoms with van der Waals surface area (Å²) in [5.41, 5.74) is -0.389. The Hall–Kier alpha value is -0.220. The zero-order chi connectivity index (χ0) is 7.56. The van der Waals surface area contributed by atoms with E-state index in [0.29, 0.717) is 0 Å². The van der Waals surface area contributed by atoms with Crippen LogP contribution in [0.3, 0.4) is 0 Å². The molecule has 1 aliphatic heterocycles. The van der Waals surface area contributed by atoms with Crippen LogP contribution in [0, 0.1) is 0 Å². The van der Waals surface area contributed by atoms with Crippen LogP contribution < -0.4 is 0 Å². The number of rotatable bonds is 1. The number of hydrogen-bond acceptors (Lipinski definition) is 4. The van der Waals surface area contributed by atoms with Gasteiger partial charge in [-0.2, -0.15) is 0 Å². The molecule has 0 spiro atoms. The van der Waals surface area contributed by atoms with Crippen molar-refractivity contribution in [3.63, 3.8) is 0 Å². The molecule has 2 unspecified atom stereocenters. The van der Waals surface area contributed by atoms with Crippen LogP contribution in [0.4, 0.5) is 0 Å². The molecule has 10 heavy (non-hydrogen) atoms. The van der Waals surface area contributed by atoms with E-state index in [1.807, 2.05) is 6.92 Å². The van der Waals surface area contributed by atoms with Crippen molar-refractivity contribution < 1.29 is 14.3 Å². The second kappa shape index (κ2) is 3.25. The largest absolute Gasteiger partial charge is 0.466 e. The molecule has 2 atom stereocenters. The molecule has 1 rings (SSSR count). The van der Waals surface area contributed by atoms with Crippen LogP contribution in [0.5, 0.6) is 0 Å². The zero-order valence-electron chi connectivity index (χ0n) is 5.99. The highest BCUT2D eigenvalue weighted by Crippen LogP contribution is 2.25. The molecule has 0 aliphatic carbocycles. The molecule has 0 N–H and O–H groups in total. The Morgan fingerprint density at radius 3 is 2.90 bits per heavy atom. The molecule has 58 valence electrons. The van der Waals surface area contributed by atoms with Gasteiger partial charge in [-0.05, 0) is 6.92 Å². The topological polar surface area (TPSA) is 35.5 Å². The van der Waals surface area contributed by atoms with Gasteiger partial charge in [0.1, 0.15) is 0 Å². The summed E-state index contributed by atoms with van der Waals surface area (Å²) in [4.78, 5) is 10.8. The third kappa shape index (κ3) is 1.64. The molecule has 0 saturated carbocycles. The van der Waals surface area contributed by atoms with Crippen LogP contribution in [0.2, 0.25) is 0 Å². The Morgan fingerprint density at radius 2 is 2.50 bits per heavy atom. The van der Waals surface area contributed by atoms with Gasteiger partial charge in [0.25, 0.3) is 0 Å². The fourth-order valence-electron chi connectivity index (χ4n) is 0.732. The van der Waals surface area contributed by atoms with Crippen molar-refractivity contribution in [1.29, 1.82) is 0 Å². The number of methoxy groups -OCH3 is 1. The molecule has 4 heteroatoms. The molecule has 0 aromatic carbocycles. The van der Waals surface area contributed by atoms with Gasteiger partial charge < -0.3 is 9.47 Å². The predicted molar refractivity (Wildman–Crippen MR) is 38.8 cm³/mol. The summed E-state index contributed by atoms with van der Waals surface area (Å²) < 4.78 is 9.70. The minimum absolute atomic E-state index is 0.175. The molecule has 1 fully saturated rings. The SMILES string of the molecule is COC(=O)C1OC(C)CS1. The summed E-state index contributed by atoms with van der Waals surface area (Å²) in [7, 11) is 1.37. The number of thioether (sulfide) groups is 1. The minimum atomic E-state index is -0.389. The summed E-state index contributed by atoms with van der Waals surface area (Å²) in [6.45, 7) is 1.94. The first-order chi connectivity index (χ1) is 4.74. The molecule has 0 bridgehead atoms. The number of esters is 1. The van der Waals surface area contributed by atoms with Crippen molar-refractivity contribution in [3.05, 3.63) is 0 Å². The predicted octanol–water partition coefficient (Wildman–Crippen LogP) is 0.637. The number of ether oxygens (including phenoxy) is 2. The lowest BCUT2D eigenvalue weighted by molar-refractivity contribution is -0.148. The molecular weight excluding hydrogens is 152 g/mol. The second-order valence-corrected chi connectivity index (χ2v) is 3.23. The maximum absolute atomic E-state index is 10.8. The molecule has 1 aliphatic rings. The summed E-state index contributed by atoms with van der Waals surface area (Å²) in [5, 5.41) is 0. The summed E-state index contributed by atoms with van der Waals surface area (Å²) in [6.07, 6.45) is 0.175. The van der Waals surface area contributed by atoms with Gasteiger partial charge in [0.15, 0.2) is 0 Å². The van der Waals surface area contributed by atoms with E-state index in [-0.39, 0.29) is 17.5 Å². The van der Waals surface area contributed by atoms with Gasteiger partial charge in [-0.15, -0.1) is 11.8 Å². The molecule has 3 nitrogen and oxygen atoms in total. The Balaban J connectivity index is 2.37. The van der Waals surface area contributed by atoms with Crippen LogP contribution in [0.1, 0.15) is 6.92 Å². The highest BCUT2D eigenvalue weighted by molar-refractivity contribution is 8.00. The van der Waals surface area contributed by atoms with E-state index in [9.17, 15) is 4.79 Å². The molecule has 0 aromatic heterocycles. The van der Waals surface area contributed by atoms with E-state index in [4.69, 9.17) is 4.74 Å². The van der Waals surface area contributed by atoms with E-state index in [1.165, 1.54) is 18.9 Å². The molecule has 1 saturated heterocycles. The number of hydrogen-bond donors (Lipinski definition) is 0. The summed E-state index contributed by atoms with van der Waals surface area (Å²) in [5.74, 6) is 0.592. The minimum Gasteiger partial charge on any atom is -0.466 e. The lowest BCUT2D eigenvalue weighted by Crippen LogP contribution is -2.19. The van der Waals surface area contributed by atoms with E-state index >= 15 is 0 Å². The molecular formula is C6H10O3S. The molecule has 1 heterocycles. The summed E-state index contributed by atoms with van der Waals surface area (Å²) in [6, 6.07) is 0. The van der Waals surface area contributed by atoms with Gasteiger partial charge in [-0.1, -0.05) is 0 Å². The Morgan fingerprint density at radius 1 is 1.80 bits per heavy atom. The molecule has 0 radical (unpaired) electrons. The van der Waals surface area contributed by atoms with E-state index in [0.717, 1.165) is 5.75 Å². The van der Waals surface area contributed by atoms with Gasteiger partial charge >= 0.3 is 5.97 Å². The van der Waals surface area contributed by atoms with Crippen molar-refractivity contribution in [2.45, 2.75) is 18.5 Å². The van der Waals surface area contributed by atoms with Gasteiger partial charge in [0, 0.05) is 5.75 Å². The van der Waals surface area contributed by atoms with Crippen molar-refractivity contribution in [2.75, 3.05) is 12.9 Å². The number of carbonyl (C=O) groups excluding carboxylic acids is 1. The quantitative estimate of drug-likeness (QED) is 0.530. The molecule has 0 aromatic rings. The number of carbonyl (C=O) groups is 1. The van der Waals surface area contributed by atoms with Crippen LogP contribution in [-0.4, -0.2) is 30.4 Å². The maximum atomic E-state index is 10.8. The Kier molecular flexibility index (Phi) is 2.56. The van der Waals surface area contributed by atoms with E-state index < -0.39 is 0 Å². The van der Waals surface area contributed by atoms with Crippen molar-refractivity contribution in [3.8, 4) is 0 Å². The van der Waals surface area contributed by atoms with E-state index in [1.54, 1.807) is 0 Å². The van der Waals surface area contributed by atoms with E-state index in [2.05, 4.69) is 4.74 Å². The fourth-order valence-corrected chi connectivity index (χ4v) is 1.76. The van der Waals surface area contributed by atoms with Crippen LogP contribution >= 0.6 is 11.8 Å². The van der Waals surface area contributed by atoms with Crippen LogP contribution in [0.15, 0.2) is 0 Å². The molecule has 0 amide bonds. The van der Waals surface area contributed by atoms with Gasteiger partial charge in [-0.3, -0.25) is 0 Å². The first kappa shape index (κ1) is 7.88. The first-order valence-corrected chi connectivity index (χ1v) is 4.14. The third-order valence-corrected chi connectivity index (χ3v) is 2.50. The van der Waals surface area contributed by atoms with Gasteiger partial charge in [0.05, 0.1) is 13.2 Å². The van der Waals surface area contributed by atoms with Crippen LogP contribution in [-0.2, 0) is 14.3 Å². The first-order valence-electron chi connectivity index (χ1n) is 3.09. The zero-order valence-corrected chi connectivity index (χ0v) is 6.81. The van der Waals surface area contributed by atoms with Crippen molar-refractivity contribution in [1.82, 2.24) is 0 Å². The fraction of sp³-hybridized carbons (Fsp3) is 0.833.